The van der Waals surface area contributed by atoms with Crippen molar-refractivity contribution in [3.8, 4) is 0 Å². The lowest BCUT2D eigenvalue weighted by Crippen LogP contribution is -2.57. The van der Waals surface area contributed by atoms with Crippen molar-refractivity contribution in [2.24, 2.45) is 5.92 Å². The standard InChI is InChI=1S/C28H40N4O4/c1-5-31-23(18-30-15-16-32(20(4)17-30)26(33)22-9-7-8-10-22)24(27(34)36-6-2)25(29-28(31)35)21-13-11-19(3)12-14-21/h11-14,20,22,25H,5-10,15-18H2,1-4H3,(H,29,35). The van der Waals surface area contributed by atoms with Gasteiger partial charge in [-0.25, -0.2) is 9.59 Å². The first kappa shape index (κ1) is 26.2. The summed E-state index contributed by atoms with van der Waals surface area (Å²) in [5, 5.41) is 3.03. The van der Waals surface area contributed by atoms with Crippen LogP contribution in [0.3, 0.4) is 0 Å². The summed E-state index contributed by atoms with van der Waals surface area (Å²) < 4.78 is 5.48. The number of carbonyl (C=O) groups is 3. The molecule has 2 atom stereocenters. The van der Waals surface area contributed by atoms with E-state index in [0.717, 1.165) is 36.8 Å². The molecule has 0 aromatic heterocycles. The van der Waals surface area contributed by atoms with Gasteiger partial charge < -0.3 is 15.0 Å². The fourth-order valence-corrected chi connectivity index (χ4v) is 5.79. The highest BCUT2D eigenvalue weighted by atomic mass is 16.5. The van der Waals surface area contributed by atoms with Gasteiger partial charge in [-0.1, -0.05) is 42.7 Å². The Hall–Kier alpha value is -2.87. The van der Waals surface area contributed by atoms with Crippen molar-refractivity contribution in [2.45, 2.75) is 65.5 Å². The fraction of sp³-hybridized carbons (Fsp3) is 0.607. The third-order valence-corrected chi connectivity index (χ3v) is 7.73. The molecule has 36 heavy (non-hydrogen) atoms. The number of hydrogen-bond donors (Lipinski definition) is 1. The number of likely N-dealkylation sites (N-methyl/N-ethyl adjacent to an activating group) is 1. The molecule has 1 saturated carbocycles. The van der Waals surface area contributed by atoms with Crippen molar-refractivity contribution in [3.63, 3.8) is 0 Å². The summed E-state index contributed by atoms with van der Waals surface area (Å²) in [5.41, 5.74) is 3.13. The van der Waals surface area contributed by atoms with Crippen LogP contribution in [0.1, 0.15) is 63.6 Å². The topological polar surface area (TPSA) is 82.2 Å². The van der Waals surface area contributed by atoms with Crippen molar-refractivity contribution in [1.29, 1.82) is 0 Å². The average Bonchev–Trinajstić information content (AvgIpc) is 3.39. The Morgan fingerprint density at radius 3 is 2.39 bits per heavy atom. The van der Waals surface area contributed by atoms with Gasteiger partial charge in [0.2, 0.25) is 5.91 Å². The van der Waals surface area contributed by atoms with E-state index >= 15 is 0 Å². The molecule has 0 radical (unpaired) electrons. The first-order valence-corrected chi connectivity index (χ1v) is 13.4. The number of hydrogen-bond acceptors (Lipinski definition) is 5. The highest BCUT2D eigenvalue weighted by molar-refractivity contribution is 5.95. The molecule has 0 spiro atoms. The summed E-state index contributed by atoms with van der Waals surface area (Å²) in [6.07, 6.45) is 4.30. The molecule has 8 nitrogen and oxygen atoms in total. The van der Waals surface area contributed by atoms with Crippen LogP contribution in [0.15, 0.2) is 35.5 Å². The molecule has 1 aromatic carbocycles. The SMILES string of the molecule is CCOC(=O)C1=C(CN2CCN(C(=O)C3CCCC3)C(C)C2)N(CC)C(=O)NC1c1ccc(C)cc1. The van der Waals surface area contributed by atoms with E-state index in [1.807, 2.05) is 43.0 Å². The fourth-order valence-electron chi connectivity index (χ4n) is 5.79. The van der Waals surface area contributed by atoms with E-state index in [0.29, 0.717) is 44.0 Å². The van der Waals surface area contributed by atoms with Gasteiger partial charge in [-0.15, -0.1) is 0 Å². The van der Waals surface area contributed by atoms with Gasteiger partial charge in [-0.05, 0) is 46.1 Å². The summed E-state index contributed by atoms with van der Waals surface area (Å²) in [5.74, 6) is 0.0578. The highest BCUT2D eigenvalue weighted by Crippen LogP contribution is 2.33. The molecule has 1 aromatic rings. The zero-order chi connectivity index (χ0) is 25.8. The van der Waals surface area contributed by atoms with Crippen molar-refractivity contribution in [1.82, 2.24) is 20.0 Å². The Morgan fingerprint density at radius 1 is 1.08 bits per heavy atom. The van der Waals surface area contributed by atoms with E-state index in [-0.39, 0.29) is 30.5 Å². The molecule has 1 N–H and O–H groups in total. The number of nitrogens with one attached hydrogen (secondary N) is 1. The first-order valence-electron chi connectivity index (χ1n) is 13.4. The number of rotatable bonds is 7. The minimum Gasteiger partial charge on any atom is -0.463 e. The molecule has 0 bridgehead atoms. The molecule has 196 valence electrons. The van der Waals surface area contributed by atoms with Crippen LogP contribution in [-0.4, -0.2) is 78.0 Å². The van der Waals surface area contributed by atoms with Crippen LogP contribution in [-0.2, 0) is 14.3 Å². The van der Waals surface area contributed by atoms with Gasteiger partial charge in [0.1, 0.15) is 0 Å². The minimum atomic E-state index is -0.572. The Kier molecular flexibility index (Phi) is 8.34. The smallest absolute Gasteiger partial charge is 0.338 e. The Morgan fingerprint density at radius 2 is 1.78 bits per heavy atom. The van der Waals surface area contributed by atoms with Crippen molar-refractivity contribution >= 4 is 17.9 Å². The van der Waals surface area contributed by atoms with E-state index in [4.69, 9.17) is 4.74 Å². The van der Waals surface area contributed by atoms with Gasteiger partial charge in [0, 0.05) is 50.4 Å². The minimum absolute atomic E-state index is 0.0823. The zero-order valence-corrected chi connectivity index (χ0v) is 22.1. The lowest BCUT2D eigenvalue weighted by Gasteiger charge is -2.43. The van der Waals surface area contributed by atoms with Crippen LogP contribution in [0.4, 0.5) is 4.79 Å². The van der Waals surface area contributed by atoms with E-state index < -0.39 is 12.0 Å². The predicted octanol–water partition coefficient (Wildman–Crippen LogP) is 3.62. The molecule has 3 amide bonds. The van der Waals surface area contributed by atoms with Gasteiger partial charge in [0.05, 0.1) is 18.2 Å². The number of urea groups is 1. The average molecular weight is 497 g/mol. The number of carbonyl (C=O) groups excluding carboxylic acids is 3. The molecule has 2 fully saturated rings. The molecule has 1 aliphatic carbocycles. The van der Waals surface area contributed by atoms with Crippen LogP contribution in [0.5, 0.6) is 0 Å². The molecule has 3 aliphatic rings. The second kappa shape index (κ2) is 11.5. The maximum atomic E-state index is 13.3. The Labute approximate surface area is 214 Å². The number of ether oxygens (including phenoxy) is 1. The monoisotopic (exact) mass is 496 g/mol. The zero-order valence-electron chi connectivity index (χ0n) is 22.1. The Balaban J connectivity index is 1.61. The van der Waals surface area contributed by atoms with Crippen molar-refractivity contribution in [2.75, 3.05) is 39.3 Å². The molecule has 1 saturated heterocycles. The van der Waals surface area contributed by atoms with Crippen molar-refractivity contribution < 1.29 is 19.1 Å². The number of nitrogens with zero attached hydrogens (tertiary/aromatic N) is 3. The molecule has 4 rings (SSSR count). The molecule has 2 heterocycles. The maximum Gasteiger partial charge on any atom is 0.338 e. The van der Waals surface area contributed by atoms with Crippen LogP contribution < -0.4 is 5.32 Å². The van der Waals surface area contributed by atoms with Crippen LogP contribution in [0.2, 0.25) is 0 Å². The summed E-state index contributed by atoms with van der Waals surface area (Å²) >= 11 is 0. The predicted molar refractivity (Wildman–Crippen MR) is 138 cm³/mol. The summed E-state index contributed by atoms with van der Waals surface area (Å²) in [6, 6.07) is 7.17. The lowest BCUT2D eigenvalue weighted by atomic mass is 9.93. The van der Waals surface area contributed by atoms with Gasteiger partial charge in [-0.3, -0.25) is 14.6 Å². The lowest BCUT2D eigenvalue weighted by molar-refractivity contribution is -0.140. The van der Waals surface area contributed by atoms with Crippen LogP contribution in [0, 0.1) is 12.8 Å². The normalized spacial score (nSPS) is 23.7. The highest BCUT2D eigenvalue weighted by Gasteiger charge is 2.39. The molecular weight excluding hydrogens is 456 g/mol. The summed E-state index contributed by atoms with van der Waals surface area (Å²) in [6.45, 7) is 11.0. The molecule has 2 unspecified atom stereocenters. The van der Waals surface area contributed by atoms with Gasteiger partial charge in [-0.2, -0.15) is 0 Å². The third-order valence-electron chi connectivity index (χ3n) is 7.73. The third kappa shape index (κ3) is 5.43. The number of amides is 3. The van der Waals surface area contributed by atoms with E-state index in [9.17, 15) is 14.4 Å². The molecular formula is C28H40N4O4. The summed E-state index contributed by atoms with van der Waals surface area (Å²) in [7, 11) is 0. The first-order chi connectivity index (χ1) is 17.3. The number of benzene rings is 1. The van der Waals surface area contributed by atoms with Gasteiger partial charge in [0.15, 0.2) is 0 Å². The van der Waals surface area contributed by atoms with Crippen LogP contribution >= 0.6 is 0 Å². The number of piperazine rings is 1. The second-order valence-electron chi connectivity index (χ2n) is 10.2. The molecule has 2 aliphatic heterocycles. The van der Waals surface area contributed by atoms with Crippen LogP contribution in [0.25, 0.3) is 0 Å². The molecule has 8 heteroatoms. The summed E-state index contributed by atoms with van der Waals surface area (Å²) in [4.78, 5) is 45.5. The second-order valence-corrected chi connectivity index (χ2v) is 10.2. The quantitative estimate of drug-likeness (QED) is 0.583. The number of aryl methyl sites for hydroxylation is 1. The van der Waals surface area contributed by atoms with Gasteiger partial charge in [0.25, 0.3) is 0 Å². The van der Waals surface area contributed by atoms with Gasteiger partial charge >= 0.3 is 12.0 Å². The number of esters is 1. The van der Waals surface area contributed by atoms with Crippen molar-refractivity contribution in [3.05, 3.63) is 46.7 Å². The largest absolute Gasteiger partial charge is 0.463 e. The van der Waals surface area contributed by atoms with E-state index in [1.165, 1.54) is 0 Å². The van der Waals surface area contributed by atoms with E-state index in [1.54, 1.807) is 11.8 Å². The Bertz CT molecular complexity index is 999. The maximum absolute atomic E-state index is 13.3. The van der Waals surface area contributed by atoms with E-state index in [2.05, 4.69) is 17.1 Å².